The number of piperidine rings is 3. The molecule has 0 saturated carbocycles. The lowest BCUT2D eigenvalue weighted by molar-refractivity contribution is -0.157. The van der Waals surface area contributed by atoms with Crippen LogP contribution in [0.1, 0.15) is 58.3 Å². The molecule has 0 aromatic rings. The molecule has 0 spiro atoms. The molecule has 3 fully saturated rings. The Morgan fingerprint density at radius 1 is 1.00 bits per heavy atom. The molecule has 0 amide bonds. The molecule has 0 aliphatic carbocycles. The molecule has 4 rings (SSSR count). The number of rotatable bonds is 0. The van der Waals surface area contributed by atoms with E-state index < -0.39 is 0 Å². The average Bonchev–Trinajstić information content (AvgIpc) is 2.26. The van der Waals surface area contributed by atoms with Gasteiger partial charge in [0.1, 0.15) is 0 Å². The molecule has 1 heteroatoms. The Balaban J connectivity index is 1.89. The van der Waals surface area contributed by atoms with E-state index in [1.54, 1.807) is 0 Å². The molecule has 4 bridgehead atoms. The van der Waals surface area contributed by atoms with Crippen molar-refractivity contribution in [2.45, 2.75) is 75.4 Å². The van der Waals surface area contributed by atoms with E-state index in [9.17, 15) is 0 Å². The van der Waals surface area contributed by atoms with Gasteiger partial charge in [-0.2, -0.15) is 0 Å². The third-order valence-electron chi connectivity index (χ3n) is 6.15. The first-order chi connectivity index (χ1) is 7.75. The van der Waals surface area contributed by atoms with Crippen LogP contribution in [-0.4, -0.2) is 22.0 Å². The van der Waals surface area contributed by atoms with Gasteiger partial charge in [-0.3, -0.25) is 4.90 Å². The fourth-order valence-corrected chi connectivity index (χ4v) is 5.52. The Labute approximate surface area is 98.9 Å². The Hall–Kier alpha value is -0.300. The molecule has 0 radical (unpaired) electrons. The van der Waals surface area contributed by atoms with Crippen molar-refractivity contribution in [2.24, 2.45) is 5.92 Å². The molecular weight excluding hydrogens is 194 g/mol. The van der Waals surface area contributed by atoms with Crippen LogP contribution in [0.3, 0.4) is 0 Å². The number of hydrogen-bond donors (Lipinski definition) is 0. The van der Waals surface area contributed by atoms with Gasteiger partial charge in [0, 0.05) is 17.1 Å². The summed E-state index contributed by atoms with van der Waals surface area (Å²) in [6.45, 7) is 2.56. The van der Waals surface area contributed by atoms with Crippen LogP contribution < -0.4 is 0 Å². The normalized spacial score (nSPS) is 55.1. The fraction of sp³-hybridized carbons (Fsp3) is 0.867. The molecule has 88 valence electrons. The molecule has 0 N–H and O–H groups in total. The van der Waals surface area contributed by atoms with Crippen LogP contribution in [0.25, 0.3) is 0 Å². The summed E-state index contributed by atoms with van der Waals surface area (Å²) >= 11 is 0. The van der Waals surface area contributed by atoms with Crippen molar-refractivity contribution in [1.29, 1.82) is 0 Å². The first-order valence-corrected chi connectivity index (χ1v) is 7.22. The predicted molar refractivity (Wildman–Crippen MR) is 66.3 cm³/mol. The second-order valence-corrected chi connectivity index (χ2v) is 6.79. The van der Waals surface area contributed by atoms with Crippen molar-refractivity contribution in [1.82, 2.24) is 4.90 Å². The third-order valence-corrected chi connectivity index (χ3v) is 6.15. The minimum absolute atomic E-state index is 0.524. The van der Waals surface area contributed by atoms with Gasteiger partial charge >= 0.3 is 0 Å². The van der Waals surface area contributed by atoms with Gasteiger partial charge in [-0.25, -0.2) is 0 Å². The van der Waals surface area contributed by atoms with Crippen LogP contribution >= 0.6 is 0 Å². The first-order valence-electron chi connectivity index (χ1n) is 7.22. The van der Waals surface area contributed by atoms with Crippen LogP contribution in [0.15, 0.2) is 12.2 Å². The van der Waals surface area contributed by atoms with Crippen LogP contribution in [0, 0.1) is 5.92 Å². The maximum Gasteiger partial charge on any atom is 0.0289 e. The molecule has 1 nitrogen and oxygen atoms in total. The highest BCUT2D eigenvalue weighted by molar-refractivity contribution is 5.23. The first kappa shape index (κ1) is 9.70. The molecule has 16 heavy (non-hydrogen) atoms. The summed E-state index contributed by atoms with van der Waals surface area (Å²) in [6, 6.07) is 0.788. The third kappa shape index (κ3) is 0.971. The van der Waals surface area contributed by atoms with Gasteiger partial charge in [-0.1, -0.05) is 12.2 Å². The van der Waals surface area contributed by atoms with Crippen LogP contribution in [-0.2, 0) is 0 Å². The van der Waals surface area contributed by atoms with E-state index in [-0.39, 0.29) is 0 Å². The zero-order chi connectivity index (χ0) is 10.8. The lowest BCUT2D eigenvalue weighted by Crippen LogP contribution is -2.73. The topological polar surface area (TPSA) is 3.24 Å². The largest absolute Gasteiger partial charge is 0.285 e. The summed E-state index contributed by atoms with van der Waals surface area (Å²) in [4.78, 5) is 2.99. The molecular formula is C15H23N. The highest BCUT2D eigenvalue weighted by atomic mass is 15.3. The summed E-state index contributed by atoms with van der Waals surface area (Å²) in [7, 11) is 0. The summed E-state index contributed by atoms with van der Waals surface area (Å²) in [5.41, 5.74) is 1.15. The molecule has 3 saturated heterocycles. The Morgan fingerprint density at radius 2 is 1.88 bits per heavy atom. The maximum atomic E-state index is 2.99. The van der Waals surface area contributed by atoms with Crippen LogP contribution in [0.5, 0.6) is 0 Å². The minimum atomic E-state index is 0.524. The zero-order valence-electron chi connectivity index (χ0n) is 10.4. The number of hydrogen-bond acceptors (Lipinski definition) is 1. The highest BCUT2D eigenvalue weighted by Crippen LogP contribution is 2.58. The average molecular weight is 217 g/mol. The standard InChI is InChI=1S/C15H23N/c1-14-8-3-10-15-9-2-4-13(16(14)15)6-5-12(14)7-11-15/h5-6,12-13H,2-4,7-11H2,1H3/t12-,13-,14-,15-/m1/s1. The Bertz CT molecular complexity index is 343. The van der Waals surface area contributed by atoms with Crippen molar-refractivity contribution >= 4 is 0 Å². The lowest BCUT2D eigenvalue weighted by atomic mass is 9.58. The van der Waals surface area contributed by atoms with Gasteiger partial charge in [-0.15, -0.1) is 0 Å². The molecule has 0 aromatic heterocycles. The van der Waals surface area contributed by atoms with Crippen molar-refractivity contribution in [3.8, 4) is 0 Å². The molecule has 0 aromatic carbocycles. The molecule has 4 aliphatic rings. The van der Waals surface area contributed by atoms with Gasteiger partial charge in [0.2, 0.25) is 0 Å². The zero-order valence-corrected chi connectivity index (χ0v) is 10.4. The van der Waals surface area contributed by atoms with Crippen molar-refractivity contribution in [2.75, 3.05) is 0 Å². The molecule has 0 unspecified atom stereocenters. The summed E-state index contributed by atoms with van der Waals surface area (Å²) in [5.74, 6) is 0.857. The number of nitrogens with zero attached hydrogens (tertiary/aromatic N) is 1. The van der Waals surface area contributed by atoms with E-state index in [2.05, 4.69) is 24.0 Å². The second kappa shape index (κ2) is 2.93. The van der Waals surface area contributed by atoms with Crippen molar-refractivity contribution in [3.63, 3.8) is 0 Å². The van der Waals surface area contributed by atoms with Gasteiger partial charge in [0.05, 0.1) is 0 Å². The second-order valence-electron chi connectivity index (χ2n) is 6.79. The SMILES string of the molecule is C[C@@]12CCC[C@]34CCC[C@H](C=C[C@@H]1CC3)N42. The van der Waals surface area contributed by atoms with E-state index in [0.29, 0.717) is 11.1 Å². The summed E-state index contributed by atoms with van der Waals surface area (Å²) < 4.78 is 0. The highest BCUT2D eigenvalue weighted by Gasteiger charge is 2.59. The van der Waals surface area contributed by atoms with E-state index in [4.69, 9.17) is 0 Å². The Kier molecular flexibility index (Phi) is 1.78. The van der Waals surface area contributed by atoms with E-state index in [1.165, 1.54) is 51.4 Å². The lowest BCUT2D eigenvalue weighted by Gasteiger charge is -2.68. The van der Waals surface area contributed by atoms with E-state index in [1.807, 2.05) is 0 Å². The molecule has 4 heterocycles. The Morgan fingerprint density at radius 3 is 2.81 bits per heavy atom. The van der Waals surface area contributed by atoms with E-state index >= 15 is 0 Å². The minimum Gasteiger partial charge on any atom is -0.285 e. The monoisotopic (exact) mass is 217 g/mol. The maximum absolute atomic E-state index is 2.99. The van der Waals surface area contributed by atoms with Gasteiger partial charge in [0.15, 0.2) is 0 Å². The quantitative estimate of drug-likeness (QED) is 0.561. The molecule has 4 atom stereocenters. The summed E-state index contributed by atoms with van der Waals surface area (Å²) in [6.07, 6.45) is 16.8. The predicted octanol–water partition coefficient (Wildman–Crippen LogP) is 3.50. The van der Waals surface area contributed by atoms with Gasteiger partial charge < -0.3 is 0 Å². The smallest absolute Gasteiger partial charge is 0.0289 e. The van der Waals surface area contributed by atoms with E-state index in [0.717, 1.165) is 12.0 Å². The van der Waals surface area contributed by atoms with Crippen LogP contribution in [0.4, 0.5) is 0 Å². The van der Waals surface area contributed by atoms with Crippen LogP contribution in [0.2, 0.25) is 0 Å². The van der Waals surface area contributed by atoms with Crippen molar-refractivity contribution in [3.05, 3.63) is 12.2 Å². The van der Waals surface area contributed by atoms with Gasteiger partial charge in [0.25, 0.3) is 0 Å². The summed E-state index contributed by atoms with van der Waals surface area (Å²) in [5, 5.41) is 0. The fourth-order valence-electron chi connectivity index (χ4n) is 5.52. The van der Waals surface area contributed by atoms with Crippen molar-refractivity contribution < 1.29 is 0 Å². The van der Waals surface area contributed by atoms with Gasteiger partial charge in [-0.05, 0) is 64.2 Å². The molecule has 4 aliphatic heterocycles.